The number of amides is 1. The summed E-state index contributed by atoms with van der Waals surface area (Å²) in [6.07, 6.45) is 0.526. The van der Waals surface area contributed by atoms with Crippen molar-refractivity contribution in [2.24, 2.45) is 0 Å². The van der Waals surface area contributed by atoms with Crippen molar-refractivity contribution in [2.45, 2.75) is 57.4 Å². The van der Waals surface area contributed by atoms with Gasteiger partial charge >= 0.3 is 0 Å². The van der Waals surface area contributed by atoms with Crippen LogP contribution < -0.4 is 0 Å². The van der Waals surface area contributed by atoms with E-state index >= 15 is 0 Å². The van der Waals surface area contributed by atoms with Gasteiger partial charge in [0.2, 0.25) is 10.0 Å². The number of benzene rings is 2. The fourth-order valence-electron chi connectivity index (χ4n) is 4.65. The van der Waals surface area contributed by atoms with Gasteiger partial charge in [-0.15, -0.1) is 0 Å². The molecular weight excluding hydrogens is 504 g/mol. The van der Waals surface area contributed by atoms with E-state index in [2.05, 4.69) is 20.8 Å². The number of methoxy groups -OCH3 is 1. The summed E-state index contributed by atoms with van der Waals surface area (Å²) in [5.41, 5.74) is 1.97. The first-order chi connectivity index (χ1) is 17.9. The minimum atomic E-state index is -3.68. The summed E-state index contributed by atoms with van der Waals surface area (Å²) in [6.45, 7) is 11.2. The van der Waals surface area contributed by atoms with Crippen LogP contribution in [0.1, 0.15) is 63.8 Å². The van der Waals surface area contributed by atoms with Gasteiger partial charge in [-0.05, 0) is 47.2 Å². The molecule has 1 aliphatic heterocycles. The molecule has 1 atom stereocenters. The number of ether oxygens (including phenoxy) is 1. The second-order valence-corrected chi connectivity index (χ2v) is 12.3. The highest BCUT2D eigenvalue weighted by molar-refractivity contribution is 7.89. The van der Waals surface area contributed by atoms with Crippen LogP contribution in [0.15, 0.2) is 59.0 Å². The lowest BCUT2D eigenvalue weighted by Crippen LogP contribution is -2.31. The summed E-state index contributed by atoms with van der Waals surface area (Å²) in [7, 11) is -2.11. The lowest BCUT2D eigenvalue weighted by atomic mass is 9.85. The second-order valence-electron chi connectivity index (χ2n) is 10.3. The molecule has 1 amide bonds. The minimum absolute atomic E-state index is 0.0183. The van der Waals surface area contributed by atoms with Crippen molar-refractivity contribution < 1.29 is 27.9 Å². The molecule has 8 nitrogen and oxygen atoms in total. The van der Waals surface area contributed by atoms with Crippen molar-refractivity contribution in [1.29, 1.82) is 0 Å². The number of rotatable bonds is 10. The van der Waals surface area contributed by atoms with Crippen molar-refractivity contribution in [3.8, 4) is 0 Å². The quantitative estimate of drug-likeness (QED) is 0.206. The third-order valence-corrected chi connectivity index (χ3v) is 8.91. The largest absolute Gasteiger partial charge is 0.507 e. The van der Waals surface area contributed by atoms with Gasteiger partial charge in [0.15, 0.2) is 0 Å². The van der Waals surface area contributed by atoms with Gasteiger partial charge in [0.1, 0.15) is 5.76 Å². The molecule has 0 bridgehead atoms. The fraction of sp³-hybridized carbons (Fsp3) is 0.448. The molecule has 0 unspecified atom stereocenters. The average molecular weight is 543 g/mol. The number of aliphatic hydroxyl groups is 1. The lowest BCUT2D eigenvalue weighted by molar-refractivity contribution is -0.140. The third kappa shape index (κ3) is 5.85. The van der Waals surface area contributed by atoms with Crippen LogP contribution in [0.4, 0.5) is 0 Å². The Bertz CT molecular complexity index is 1290. The highest BCUT2D eigenvalue weighted by Gasteiger charge is 2.45. The highest BCUT2D eigenvalue weighted by atomic mass is 32.2. The molecule has 1 aliphatic rings. The molecule has 1 saturated heterocycles. The first-order valence-corrected chi connectivity index (χ1v) is 14.3. The first-order valence-electron chi connectivity index (χ1n) is 12.9. The number of likely N-dealkylation sites (tertiary alicyclic amines) is 1. The van der Waals surface area contributed by atoms with E-state index in [-0.39, 0.29) is 33.8 Å². The molecule has 2 aromatic carbocycles. The Balaban J connectivity index is 2.09. The van der Waals surface area contributed by atoms with Gasteiger partial charge in [0.25, 0.3) is 11.7 Å². The number of aliphatic hydroxyl groups excluding tert-OH is 1. The summed E-state index contributed by atoms with van der Waals surface area (Å²) < 4.78 is 32.2. The topological polar surface area (TPSA) is 104 Å². The third-order valence-electron chi connectivity index (χ3n) is 6.85. The van der Waals surface area contributed by atoms with Gasteiger partial charge in [0, 0.05) is 38.9 Å². The molecule has 0 radical (unpaired) electrons. The normalized spacial score (nSPS) is 18.0. The maximum atomic E-state index is 13.2. The molecule has 38 heavy (non-hydrogen) atoms. The van der Waals surface area contributed by atoms with Crippen LogP contribution >= 0.6 is 0 Å². The Morgan fingerprint density at radius 3 is 2.08 bits per heavy atom. The smallest absolute Gasteiger partial charge is 0.295 e. The van der Waals surface area contributed by atoms with E-state index < -0.39 is 27.8 Å². The van der Waals surface area contributed by atoms with Gasteiger partial charge in [-0.2, -0.15) is 4.31 Å². The van der Waals surface area contributed by atoms with Crippen LogP contribution in [0.3, 0.4) is 0 Å². The highest BCUT2D eigenvalue weighted by Crippen LogP contribution is 2.40. The summed E-state index contributed by atoms with van der Waals surface area (Å²) in [6, 6.07) is 12.7. The monoisotopic (exact) mass is 542 g/mol. The van der Waals surface area contributed by atoms with Gasteiger partial charge in [-0.3, -0.25) is 9.59 Å². The molecule has 0 saturated carbocycles. The van der Waals surface area contributed by atoms with E-state index in [0.717, 1.165) is 5.56 Å². The summed E-state index contributed by atoms with van der Waals surface area (Å²) in [4.78, 5) is 27.9. The van der Waals surface area contributed by atoms with E-state index in [1.54, 1.807) is 21.0 Å². The number of sulfonamides is 1. The molecule has 206 valence electrons. The summed E-state index contributed by atoms with van der Waals surface area (Å²) in [5, 5.41) is 11.3. The number of hydrogen-bond donors (Lipinski definition) is 1. The Hall–Kier alpha value is -3.01. The van der Waals surface area contributed by atoms with E-state index in [1.807, 2.05) is 24.3 Å². The molecule has 0 aromatic heterocycles. The molecule has 1 N–H and O–H groups in total. The average Bonchev–Trinajstić information content (AvgIpc) is 3.13. The first kappa shape index (κ1) is 29.5. The molecule has 2 aromatic rings. The summed E-state index contributed by atoms with van der Waals surface area (Å²) in [5.74, 6) is -1.80. The summed E-state index contributed by atoms with van der Waals surface area (Å²) >= 11 is 0. The van der Waals surface area contributed by atoms with Crippen LogP contribution in [0.2, 0.25) is 0 Å². The van der Waals surface area contributed by atoms with Gasteiger partial charge in [-0.25, -0.2) is 8.42 Å². The zero-order valence-corrected chi connectivity index (χ0v) is 23.8. The Morgan fingerprint density at radius 1 is 1.00 bits per heavy atom. The van der Waals surface area contributed by atoms with Crippen LogP contribution in [0.5, 0.6) is 0 Å². The number of hydrogen-bond acceptors (Lipinski definition) is 6. The Labute approximate surface area is 226 Å². The fourth-order valence-corrected chi connectivity index (χ4v) is 6.11. The van der Waals surface area contributed by atoms with Crippen LogP contribution in [0.25, 0.3) is 5.76 Å². The maximum Gasteiger partial charge on any atom is 0.295 e. The number of Topliss-reactive ketones (excluding diaryl/α,β-unsaturated/α-hetero) is 1. The molecule has 1 fully saturated rings. The van der Waals surface area contributed by atoms with Crippen LogP contribution in [-0.2, 0) is 29.8 Å². The zero-order chi connectivity index (χ0) is 28.3. The molecular formula is C29H38N2O6S. The van der Waals surface area contributed by atoms with Crippen molar-refractivity contribution in [3.05, 3.63) is 70.8 Å². The molecule has 0 aliphatic carbocycles. The van der Waals surface area contributed by atoms with Gasteiger partial charge in [0.05, 0.1) is 16.5 Å². The lowest BCUT2D eigenvalue weighted by Gasteiger charge is -2.26. The number of carbonyl (C=O) groups excluding carboxylic acids is 2. The van der Waals surface area contributed by atoms with Gasteiger partial charge < -0.3 is 14.7 Å². The maximum absolute atomic E-state index is 13.2. The number of ketones is 1. The van der Waals surface area contributed by atoms with Crippen molar-refractivity contribution in [1.82, 2.24) is 9.21 Å². The molecule has 9 heteroatoms. The zero-order valence-electron chi connectivity index (χ0n) is 23.0. The van der Waals surface area contributed by atoms with Crippen molar-refractivity contribution >= 4 is 27.5 Å². The Kier molecular flexibility index (Phi) is 9.17. The van der Waals surface area contributed by atoms with Crippen molar-refractivity contribution in [3.63, 3.8) is 0 Å². The van der Waals surface area contributed by atoms with Crippen LogP contribution in [-0.4, -0.2) is 67.8 Å². The predicted molar refractivity (Wildman–Crippen MR) is 147 cm³/mol. The Morgan fingerprint density at radius 2 is 1.58 bits per heavy atom. The minimum Gasteiger partial charge on any atom is -0.507 e. The van der Waals surface area contributed by atoms with E-state index in [0.29, 0.717) is 31.7 Å². The second kappa shape index (κ2) is 11.8. The van der Waals surface area contributed by atoms with Crippen LogP contribution in [0, 0.1) is 0 Å². The SMILES string of the molecule is CCN(CC)S(=O)(=O)c1ccc(C(O)=C2C(=O)C(=O)N(CCCOC)[C@H]2c2ccc(C(C)(C)C)cc2)cc1. The van der Waals surface area contributed by atoms with E-state index in [9.17, 15) is 23.1 Å². The van der Waals surface area contributed by atoms with E-state index in [1.165, 1.54) is 33.5 Å². The van der Waals surface area contributed by atoms with Crippen molar-refractivity contribution in [2.75, 3.05) is 33.4 Å². The number of nitrogens with zero attached hydrogens (tertiary/aromatic N) is 2. The molecule has 3 rings (SSSR count). The molecule has 0 spiro atoms. The van der Waals surface area contributed by atoms with Gasteiger partial charge in [-0.1, -0.05) is 58.9 Å². The van der Waals surface area contributed by atoms with E-state index in [4.69, 9.17) is 4.74 Å². The molecule has 1 heterocycles. The number of carbonyl (C=O) groups is 2. The standard InChI is InChI=1S/C29H38N2O6S/c1-7-30(8-2)38(35,36)23-16-12-21(13-17-23)26(32)24-25(20-10-14-22(15-11-20)29(3,4)5)31(18-9-19-37-6)28(34)27(24)33/h10-17,25,32H,7-9,18-19H2,1-6H3/t25-/m0/s1. The predicted octanol–water partition coefficient (Wildman–Crippen LogP) is 4.47.